The Balaban J connectivity index is 0. The zero-order chi connectivity index (χ0) is 16.1. The van der Waals surface area contributed by atoms with Crippen LogP contribution in [0.4, 0.5) is 0 Å². The SMILES string of the molecule is CC(N)=O.CNC.O=C(O)COc1ccc(Cl)cc1Cl. The van der Waals surface area contributed by atoms with E-state index in [9.17, 15) is 9.59 Å². The summed E-state index contributed by atoms with van der Waals surface area (Å²) in [6.45, 7) is 0.890. The van der Waals surface area contributed by atoms with E-state index in [-0.39, 0.29) is 5.91 Å². The van der Waals surface area contributed by atoms with Crippen molar-refractivity contribution in [2.45, 2.75) is 6.92 Å². The highest BCUT2D eigenvalue weighted by Gasteiger charge is 2.04. The van der Waals surface area contributed by atoms with E-state index in [1.165, 1.54) is 19.1 Å². The van der Waals surface area contributed by atoms with Gasteiger partial charge in [0.15, 0.2) is 6.61 Å². The normalized spacial score (nSPS) is 8.45. The molecule has 0 aliphatic rings. The number of nitrogens with one attached hydrogen (secondary N) is 1. The second-order valence-corrected chi connectivity index (χ2v) is 4.21. The zero-order valence-corrected chi connectivity index (χ0v) is 13.0. The molecule has 0 aliphatic heterocycles. The summed E-state index contributed by atoms with van der Waals surface area (Å²) >= 11 is 11.3. The van der Waals surface area contributed by atoms with Gasteiger partial charge in [-0.2, -0.15) is 0 Å². The summed E-state index contributed by atoms with van der Waals surface area (Å²) in [6, 6.07) is 4.58. The van der Waals surface area contributed by atoms with Crippen LogP contribution < -0.4 is 15.8 Å². The maximum Gasteiger partial charge on any atom is 0.341 e. The number of benzene rings is 1. The fourth-order valence-electron chi connectivity index (χ4n) is 0.732. The van der Waals surface area contributed by atoms with Crippen molar-refractivity contribution < 1.29 is 19.4 Å². The van der Waals surface area contributed by atoms with Crippen molar-refractivity contribution in [3.63, 3.8) is 0 Å². The number of nitrogens with two attached hydrogens (primary N) is 1. The number of aliphatic carboxylic acids is 1. The third-order valence-corrected chi connectivity index (χ3v) is 1.78. The number of halogens is 2. The van der Waals surface area contributed by atoms with E-state index in [4.69, 9.17) is 33.0 Å². The Morgan fingerprint density at radius 2 is 1.80 bits per heavy atom. The number of carboxylic acids is 1. The minimum absolute atomic E-state index is 0.300. The minimum atomic E-state index is -1.05. The second kappa shape index (κ2) is 12.5. The molecule has 0 aromatic heterocycles. The van der Waals surface area contributed by atoms with Gasteiger partial charge < -0.3 is 20.9 Å². The second-order valence-electron chi connectivity index (χ2n) is 3.37. The van der Waals surface area contributed by atoms with Crippen molar-refractivity contribution in [1.82, 2.24) is 5.32 Å². The molecular formula is C12H18Cl2N2O4. The number of rotatable bonds is 3. The van der Waals surface area contributed by atoms with Crippen molar-refractivity contribution in [3.8, 4) is 5.75 Å². The van der Waals surface area contributed by atoms with Gasteiger partial charge in [0.2, 0.25) is 5.91 Å². The summed E-state index contributed by atoms with van der Waals surface area (Å²) in [5.74, 6) is -1.07. The van der Waals surface area contributed by atoms with E-state index in [0.717, 1.165) is 0 Å². The van der Waals surface area contributed by atoms with Crippen LogP contribution in [0.15, 0.2) is 18.2 Å². The van der Waals surface area contributed by atoms with Crippen molar-refractivity contribution in [2.24, 2.45) is 5.73 Å². The summed E-state index contributed by atoms with van der Waals surface area (Å²) in [4.78, 5) is 19.4. The maximum atomic E-state index is 10.2. The van der Waals surface area contributed by atoms with Crippen LogP contribution in [0.2, 0.25) is 10.0 Å². The van der Waals surface area contributed by atoms with Crippen LogP contribution in [0.3, 0.4) is 0 Å². The lowest BCUT2D eigenvalue weighted by molar-refractivity contribution is -0.139. The first-order valence-corrected chi connectivity index (χ1v) is 6.14. The molecule has 1 aromatic carbocycles. The van der Waals surface area contributed by atoms with Gasteiger partial charge in [0.05, 0.1) is 5.02 Å². The predicted octanol–water partition coefficient (Wildman–Crippen LogP) is 1.78. The highest BCUT2D eigenvalue weighted by atomic mass is 35.5. The largest absolute Gasteiger partial charge is 0.480 e. The molecule has 1 aromatic rings. The number of amides is 1. The molecule has 0 saturated carbocycles. The van der Waals surface area contributed by atoms with Crippen LogP contribution >= 0.6 is 23.2 Å². The summed E-state index contributed by atoms with van der Waals surface area (Å²) in [5.41, 5.74) is 4.47. The molecule has 0 atom stereocenters. The van der Waals surface area contributed by atoms with Gasteiger partial charge in [-0.15, -0.1) is 0 Å². The van der Waals surface area contributed by atoms with Crippen LogP contribution in [-0.4, -0.2) is 37.7 Å². The molecule has 0 bridgehead atoms. The van der Waals surface area contributed by atoms with E-state index in [0.29, 0.717) is 15.8 Å². The van der Waals surface area contributed by atoms with E-state index in [1.807, 2.05) is 14.1 Å². The van der Waals surface area contributed by atoms with Crippen molar-refractivity contribution >= 4 is 35.1 Å². The Bertz CT molecular complexity index is 424. The number of carbonyl (C=O) groups excluding carboxylic acids is 1. The van der Waals surface area contributed by atoms with Gasteiger partial charge in [-0.1, -0.05) is 23.2 Å². The lowest BCUT2D eigenvalue weighted by Crippen LogP contribution is -2.09. The standard InChI is InChI=1S/C8H6Cl2O3.C2H5NO.C2H7N/c9-5-1-2-7(6(10)3-5)13-4-8(11)12;1-2(3)4;1-3-2/h1-3H,4H2,(H,11,12);1H3,(H2,3,4);3H,1-2H3. The summed E-state index contributed by atoms with van der Waals surface area (Å²) in [6.07, 6.45) is 0. The van der Waals surface area contributed by atoms with E-state index in [2.05, 4.69) is 11.1 Å². The molecule has 114 valence electrons. The number of primary amides is 1. The van der Waals surface area contributed by atoms with Gasteiger partial charge in [0.1, 0.15) is 5.75 Å². The first-order valence-electron chi connectivity index (χ1n) is 5.38. The first kappa shape index (κ1) is 20.8. The molecule has 20 heavy (non-hydrogen) atoms. The molecule has 0 fully saturated rings. The van der Waals surface area contributed by atoms with Gasteiger partial charge in [0.25, 0.3) is 0 Å². The van der Waals surface area contributed by atoms with Crippen LogP contribution in [0.25, 0.3) is 0 Å². The van der Waals surface area contributed by atoms with Gasteiger partial charge in [-0.3, -0.25) is 4.79 Å². The molecule has 1 rings (SSSR count). The van der Waals surface area contributed by atoms with Gasteiger partial charge >= 0.3 is 5.97 Å². The highest BCUT2D eigenvalue weighted by molar-refractivity contribution is 6.35. The molecule has 0 spiro atoms. The third-order valence-electron chi connectivity index (χ3n) is 1.25. The minimum Gasteiger partial charge on any atom is -0.480 e. The van der Waals surface area contributed by atoms with Gasteiger partial charge in [-0.05, 0) is 32.3 Å². The average molecular weight is 325 g/mol. The Labute approximate surface area is 127 Å². The molecule has 0 aliphatic carbocycles. The van der Waals surface area contributed by atoms with E-state index in [1.54, 1.807) is 6.07 Å². The Kier molecular flexibility index (Phi) is 13.0. The van der Waals surface area contributed by atoms with Crippen molar-refractivity contribution in [1.29, 1.82) is 0 Å². The van der Waals surface area contributed by atoms with Crippen LogP contribution in [0.1, 0.15) is 6.92 Å². The average Bonchev–Trinajstić information content (AvgIpc) is 2.27. The maximum absolute atomic E-state index is 10.2. The number of hydrogen-bond acceptors (Lipinski definition) is 4. The molecule has 6 nitrogen and oxygen atoms in total. The number of hydrogen-bond donors (Lipinski definition) is 3. The zero-order valence-electron chi connectivity index (χ0n) is 11.4. The summed E-state index contributed by atoms with van der Waals surface area (Å²) in [7, 11) is 3.75. The van der Waals surface area contributed by atoms with Gasteiger partial charge in [-0.25, -0.2) is 4.79 Å². The monoisotopic (exact) mass is 324 g/mol. The number of carbonyl (C=O) groups is 2. The van der Waals surface area contributed by atoms with Crippen LogP contribution in [0.5, 0.6) is 5.75 Å². The fraction of sp³-hybridized carbons (Fsp3) is 0.333. The van der Waals surface area contributed by atoms with Crippen LogP contribution in [-0.2, 0) is 9.59 Å². The van der Waals surface area contributed by atoms with Crippen molar-refractivity contribution in [3.05, 3.63) is 28.2 Å². The lowest BCUT2D eigenvalue weighted by atomic mass is 10.3. The fourth-order valence-corrected chi connectivity index (χ4v) is 1.19. The number of carboxylic acid groups (broad SMARTS) is 1. The van der Waals surface area contributed by atoms with Crippen LogP contribution in [0, 0.1) is 0 Å². The predicted molar refractivity (Wildman–Crippen MR) is 79.4 cm³/mol. The van der Waals surface area contributed by atoms with E-state index < -0.39 is 12.6 Å². The topological polar surface area (TPSA) is 102 Å². The molecule has 0 unspecified atom stereocenters. The summed E-state index contributed by atoms with van der Waals surface area (Å²) < 4.78 is 4.86. The molecule has 4 N–H and O–H groups in total. The lowest BCUT2D eigenvalue weighted by Gasteiger charge is -2.04. The van der Waals surface area contributed by atoms with Crippen molar-refractivity contribution in [2.75, 3.05) is 20.7 Å². The quantitative estimate of drug-likeness (QED) is 0.786. The highest BCUT2D eigenvalue weighted by Crippen LogP contribution is 2.27. The van der Waals surface area contributed by atoms with E-state index >= 15 is 0 Å². The molecule has 0 saturated heterocycles. The number of ether oxygens (including phenoxy) is 1. The van der Waals surface area contributed by atoms with Gasteiger partial charge in [0, 0.05) is 11.9 Å². The molecule has 1 amide bonds. The Hall–Kier alpha value is -1.50. The molecule has 0 heterocycles. The first-order chi connectivity index (χ1) is 9.24. The Morgan fingerprint density at radius 1 is 1.35 bits per heavy atom. The molecular weight excluding hydrogens is 307 g/mol. The molecule has 8 heteroatoms. The molecule has 0 radical (unpaired) electrons. The third kappa shape index (κ3) is 14.6. The Morgan fingerprint density at radius 3 is 2.15 bits per heavy atom. The summed E-state index contributed by atoms with van der Waals surface area (Å²) in [5, 5.41) is 11.9. The smallest absolute Gasteiger partial charge is 0.341 e.